The van der Waals surface area contributed by atoms with Crippen molar-refractivity contribution in [1.29, 1.82) is 5.26 Å². The first-order valence-corrected chi connectivity index (χ1v) is 8.32. The zero-order chi connectivity index (χ0) is 19.9. The van der Waals surface area contributed by atoms with Crippen molar-refractivity contribution in [2.75, 3.05) is 4.90 Å². The number of rotatable bonds is 1. The number of fused-ring (bicyclic) bond motifs is 5. The Kier molecular flexibility index (Phi) is 3.37. The largest absolute Gasteiger partial charge is 0.420 e. The van der Waals surface area contributed by atoms with Crippen molar-refractivity contribution < 1.29 is 31.9 Å². The van der Waals surface area contributed by atoms with Gasteiger partial charge in [0.2, 0.25) is 11.8 Å². The van der Waals surface area contributed by atoms with Crippen LogP contribution < -0.4 is 4.90 Å². The minimum absolute atomic E-state index is 0.491. The molecule has 0 radical (unpaired) electrons. The zero-order valence-corrected chi connectivity index (χ0v) is 14.4. The second-order valence-electron chi connectivity index (χ2n) is 7.63. The quantitative estimate of drug-likeness (QED) is 0.553. The van der Waals surface area contributed by atoms with Gasteiger partial charge in [0.15, 0.2) is 5.82 Å². The lowest BCUT2D eigenvalue weighted by atomic mass is 9.69. The van der Waals surface area contributed by atoms with E-state index in [2.05, 4.69) is 0 Å². The molecule has 3 fully saturated rings. The van der Waals surface area contributed by atoms with Crippen LogP contribution in [0.5, 0.6) is 0 Å². The highest BCUT2D eigenvalue weighted by molar-refractivity contribution is 6.23. The summed E-state index contributed by atoms with van der Waals surface area (Å²) in [5.41, 5.74) is -5.28. The number of hydrogen-bond donors (Lipinski definition) is 0. The van der Waals surface area contributed by atoms with Crippen LogP contribution in [0, 0.1) is 29.0 Å². The highest BCUT2D eigenvalue weighted by atomic mass is 19.4. The average Bonchev–Trinajstić information content (AvgIpc) is 3.11. The van der Waals surface area contributed by atoms with Crippen LogP contribution >= 0.6 is 0 Å². The number of ether oxygens (including phenoxy) is 1. The Labute approximate surface area is 151 Å². The van der Waals surface area contributed by atoms with E-state index in [1.807, 2.05) is 0 Å². The summed E-state index contributed by atoms with van der Waals surface area (Å²) in [7, 11) is 0. The number of amides is 2. The Bertz CT molecular complexity index is 904. The number of hydrogen-bond acceptors (Lipinski definition) is 4. The van der Waals surface area contributed by atoms with Crippen LogP contribution in [-0.4, -0.2) is 23.0 Å². The number of anilines is 1. The van der Waals surface area contributed by atoms with Crippen LogP contribution in [0.25, 0.3) is 0 Å². The molecule has 4 atom stereocenters. The van der Waals surface area contributed by atoms with Gasteiger partial charge < -0.3 is 4.74 Å². The molecule has 3 saturated heterocycles. The monoisotopic (exact) mass is 382 g/mol. The third kappa shape index (κ3) is 2.13. The Balaban J connectivity index is 1.86. The maximum atomic E-state index is 14.7. The van der Waals surface area contributed by atoms with E-state index in [4.69, 9.17) is 10.00 Å². The van der Waals surface area contributed by atoms with Crippen LogP contribution in [0.15, 0.2) is 12.1 Å². The van der Waals surface area contributed by atoms with Crippen molar-refractivity contribution in [2.45, 2.75) is 44.1 Å². The van der Waals surface area contributed by atoms with Gasteiger partial charge in [-0.2, -0.15) is 18.4 Å². The Morgan fingerprint density at radius 1 is 1.15 bits per heavy atom. The Morgan fingerprint density at radius 3 is 2.11 bits per heavy atom. The average molecular weight is 382 g/mol. The summed E-state index contributed by atoms with van der Waals surface area (Å²) in [6.45, 7) is 3.38. The molecule has 0 N–H and O–H groups in total. The molecule has 3 aliphatic heterocycles. The molecular formula is C18H14F4N2O3. The SMILES string of the molecule is CC12CCC(C)(O1)C1C(=O)N(c3ccc(C#N)c(C(F)(F)F)c3F)C(=O)C12. The van der Waals surface area contributed by atoms with E-state index in [1.165, 1.54) is 6.07 Å². The van der Waals surface area contributed by atoms with Crippen LogP contribution in [0.4, 0.5) is 23.2 Å². The van der Waals surface area contributed by atoms with Crippen LogP contribution in [-0.2, 0) is 20.5 Å². The zero-order valence-electron chi connectivity index (χ0n) is 14.4. The van der Waals surface area contributed by atoms with Crippen molar-refractivity contribution in [3.8, 4) is 6.07 Å². The lowest BCUT2D eigenvalue weighted by Gasteiger charge is -2.27. The van der Waals surface area contributed by atoms with Crippen molar-refractivity contribution >= 4 is 17.5 Å². The summed E-state index contributed by atoms with van der Waals surface area (Å²) < 4.78 is 60.4. The fourth-order valence-corrected chi connectivity index (χ4v) is 4.81. The molecule has 27 heavy (non-hydrogen) atoms. The van der Waals surface area contributed by atoms with E-state index in [0.717, 1.165) is 12.1 Å². The molecule has 5 nitrogen and oxygen atoms in total. The minimum Gasteiger partial charge on any atom is -0.367 e. The summed E-state index contributed by atoms with van der Waals surface area (Å²) >= 11 is 0. The summed E-state index contributed by atoms with van der Waals surface area (Å²) in [4.78, 5) is 26.3. The molecule has 0 aliphatic carbocycles. The number of halogens is 4. The third-order valence-corrected chi connectivity index (χ3v) is 5.97. The Morgan fingerprint density at radius 2 is 1.67 bits per heavy atom. The molecule has 3 heterocycles. The molecule has 4 unspecified atom stereocenters. The van der Waals surface area contributed by atoms with Gasteiger partial charge in [-0.05, 0) is 38.8 Å². The number of benzene rings is 1. The van der Waals surface area contributed by atoms with Gasteiger partial charge in [0.05, 0.1) is 40.4 Å². The summed E-state index contributed by atoms with van der Waals surface area (Å²) in [5, 5.41) is 8.86. The van der Waals surface area contributed by atoms with Crippen LogP contribution in [0.3, 0.4) is 0 Å². The smallest absolute Gasteiger partial charge is 0.367 e. The number of nitriles is 1. The topological polar surface area (TPSA) is 70.4 Å². The van der Waals surface area contributed by atoms with E-state index < -0.39 is 63.7 Å². The first-order valence-electron chi connectivity index (χ1n) is 8.32. The first kappa shape index (κ1) is 17.9. The summed E-state index contributed by atoms with van der Waals surface area (Å²) in [5.74, 6) is -5.08. The van der Waals surface area contributed by atoms with Crippen molar-refractivity contribution in [3.63, 3.8) is 0 Å². The Hall–Kier alpha value is -2.47. The molecule has 1 aromatic carbocycles. The first-order chi connectivity index (χ1) is 12.4. The van der Waals surface area contributed by atoms with Crippen molar-refractivity contribution in [2.24, 2.45) is 11.8 Å². The highest BCUT2D eigenvalue weighted by Crippen LogP contribution is 2.61. The number of imide groups is 1. The van der Waals surface area contributed by atoms with E-state index in [-0.39, 0.29) is 0 Å². The molecule has 0 spiro atoms. The summed E-state index contributed by atoms with van der Waals surface area (Å²) in [6.07, 6.45) is -4.09. The molecular weight excluding hydrogens is 368 g/mol. The van der Waals surface area contributed by atoms with Crippen molar-refractivity contribution in [1.82, 2.24) is 0 Å². The molecule has 4 rings (SSSR count). The molecule has 142 valence electrons. The summed E-state index contributed by atoms with van der Waals surface area (Å²) in [6, 6.07) is 2.93. The number of nitrogens with zero attached hydrogens (tertiary/aromatic N) is 2. The standard InChI is InChI=1S/C18H14F4N2O3/c1-16-5-6-17(2,27-16)12-11(16)14(25)24(15(12)26)9-4-3-8(7-23)10(13(9)19)18(20,21)22/h3-4,11-12H,5-6H2,1-2H3. The predicted octanol–water partition coefficient (Wildman–Crippen LogP) is 3.16. The second-order valence-corrected chi connectivity index (χ2v) is 7.63. The molecule has 0 aromatic heterocycles. The van der Waals surface area contributed by atoms with Gasteiger partial charge in [0, 0.05) is 0 Å². The number of alkyl halides is 3. The van der Waals surface area contributed by atoms with Gasteiger partial charge in [0.25, 0.3) is 0 Å². The second kappa shape index (κ2) is 5.07. The molecule has 9 heteroatoms. The third-order valence-electron chi connectivity index (χ3n) is 5.97. The molecule has 3 aliphatic rings. The minimum atomic E-state index is -5.15. The lowest BCUT2D eigenvalue weighted by molar-refractivity contribution is -0.140. The van der Waals surface area contributed by atoms with E-state index in [0.29, 0.717) is 17.7 Å². The highest BCUT2D eigenvalue weighted by Gasteiger charge is 2.72. The van der Waals surface area contributed by atoms with Gasteiger partial charge in [-0.25, -0.2) is 9.29 Å². The molecule has 2 amide bonds. The van der Waals surface area contributed by atoms with Crippen LogP contribution in [0.2, 0.25) is 0 Å². The van der Waals surface area contributed by atoms with Crippen molar-refractivity contribution in [3.05, 3.63) is 29.1 Å². The fraction of sp³-hybridized carbons (Fsp3) is 0.500. The van der Waals surface area contributed by atoms with E-state index in [9.17, 15) is 27.2 Å². The van der Waals surface area contributed by atoms with Crippen LogP contribution in [0.1, 0.15) is 37.8 Å². The van der Waals surface area contributed by atoms with Gasteiger partial charge in [0.1, 0.15) is 5.56 Å². The van der Waals surface area contributed by atoms with E-state index >= 15 is 0 Å². The van der Waals surface area contributed by atoms with Gasteiger partial charge in [-0.1, -0.05) is 0 Å². The number of carbonyl (C=O) groups excluding carboxylic acids is 2. The molecule has 1 aromatic rings. The normalized spacial score (nSPS) is 34.9. The van der Waals surface area contributed by atoms with Gasteiger partial charge in [-0.15, -0.1) is 0 Å². The van der Waals surface area contributed by atoms with Gasteiger partial charge in [-0.3, -0.25) is 9.59 Å². The predicted molar refractivity (Wildman–Crippen MR) is 82.7 cm³/mol. The van der Waals surface area contributed by atoms with E-state index in [1.54, 1.807) is 13.8 Å². The maximum absolute atomic E-state index is 14.7. The lowest BCUT2D eigenvalue weighted by Crippen LogP contribution is -2.40. The molecule has 2 bridgehead atoms. The fourth-order valence-electron chi connectivity index (χ4n) is 4.81. The number of carbonyl (C=O) groups is 2. The molecule has 0 saturated carbocycles. The maximum Gasteiger partial charge on any atom is 0.420 e. The van der Waals surface area contributed by atoms with Gasteiger partial charge >= 0.3 is 6.18 Å².